The van der Waals surface area contributed by atoms with Crippen LogP contribution in [0.2, 0.25) is 0 Å². The number of benzene rings is 1. The summed E-state index contributed by atoms with van der Waals surface area (Å²) in [5.41, 5.74) is -0.198. The van der Waals surface area contributed by atoms with Gasteiger partial charge in [-0.3, -0.25) is 4.79 Å². The van der Waals surface area contributed by atoms with E-state index in [-0.39, 0.29) is 17.9 Å². The Morgan fingerprint density at radius 3 is 2.45 bits per heavy atom. The van der Waals surface area contributed by atoms with Crippen molar-refractivity contribution < 1.29 is 14.6 Å². The third-order valence-electron chi connectivity index (χ3n) is 3.84. The van der Waals surface area contributed by atoms with Crippen molar-refractivity contribution in [3.8, 4) is 5.75 Å². The molecule has 1 aromatic rings. The number of carbonyl (C=O) groups excluding carboxylic acids is 1. The SMILES string of the molecule is CCC(CC)(CO)CNC(=O)CCOc1ccccc1. The van der Waals surface area contributed by atoms with Crippen molar-refractivity contribution >= 4 is 5.91 Å². The van der Waals surface area contributed by atoms with Crippen LogP contribution in [0.25, 0.3) is 0 Å². The zero-order chi connectivity index (χ0) is 14.8. The van der Waals surface area contributed by atoms with Crippen LogP contribution in [0.4, 0.5) is 0 Å². The number of carbonyl (C=O) groups is 1. The summed E-state index contributed by atoms with van der Waals surface area (Å²) in [4.78, 5) is 11.8. The number of aliphatic hydroxyl groups is 1. The van der Waals surface area contributed by atoms with Gasteiger partial charge in [0.2, 0.25) is 5.91 Å². The molecule has 0 aliphatic rings. The van der Waals surface area contributed by atoms with E-state index >= 15 is 0 Å². The van der Waals surface area contributed by atoms with E-state index in [1.165, 1.54) is 0 Å². The lowest BCUT2D eigenvalue weighted by Gasteiger charge is -2.29. The van der Waals surface area contributed by atoms with Crippen molar-refractivity contribution in [3.63, 3.8) is 0 Å². The van der Waals surface area contributed by atoms with Crippen LogP contribution in [-0.4, -0.2) is 30.8 Å². The molecule has 0 radical (unpaired) electrons. The molecule has 0 aliphatic heterocycles. The summed E-state index contributed by atoms with van der Waals surface area (Å²) >= 11 is 0. The highest BCUT2D eigenvalue weighted by molar-refractivity contribution is 5.76. The largest absolute Gasteiger partial charge is 0.493 e. The molecule has 112 valence electrons. The highest BCUT2D eigenvalue weighted by Crippen LogP contribution is 2.24. The number of rotatable bonds is 9. The molecule has 4 nitrogen and oxygen atoms in total. The van der Waals surface area contributed by atoms with Crippen molar-refractivity contribution in [2.24, 2.45) is 5.41 Å². The normalized spacial score (nSPS) is 11.2. The van der Waals surface area contributed by atoms with Crippen LogP contribution in [0.15, 0.2) is 30.3 Å². The van der Waals surface area contributed by atoms with Crippen molar-refractivity contribution in [1.29, 1.82) is 0 Å². The first kappa shape index (κ1) is 16.5. The summed E-state index contributed by atoms with van der Waals surface area (Å²) in [5.74, 6) is 0.729. The summed E-state index contributed by atoms with van der Waals surface area (Å²) in [5, 5.41) is 12.3. The maximum atomic E-state index is 11.8. The van der Waals surface area contributed by atoms with Gasteiger partial charge in [-0.2, -0.15) is 0 Å². The first-order valence-electron chi connectivity index (χ1n) is 7.21. The average molecular weight is 279 g/mol. The van der Waals surface area contributed by atoms with Crippen molar-refractivity contribution in [2.75, 3.05) is 19.8 Å². The molecule has 0 aliphatic carbocycles. The molecule has 0 bridgehead atoms. The van der Waals surface area contributed by atoms with Crippen LogP contribution in [0, 0.1) is 5.41 Å². The average Bonchev–Trinajstić information content (AvgIpc) is 2.50. The van der Waals surface area contributed by atoms with Crippen LogP contribution < -0.4 is 10.1 Å². The highest BCUT2D eigenvalue weighted by Gasteiger charge is 2.25. The number of nitrogens with one attached hydrogen (secondary N) is 1. The Hall–Kier alpha value is -1.55. The molecule has 1 amide bonds. The van der Waals surface area contributed by atoms with Gasteiger partial charge >= 0.3 is 0 Å². The van der Waals surface area contributed by atoms with Gasteiger partial charge in [-0.25, -0.2) is 0 Å². The number of aliphatic hydroxyl groups excluding tert-OH is 1. The van der Waals surface area contributed by atoms with E-state index in [0.717, 1.165) is 18.6 Å². The van der Waals surface area contributed by atoms with Gasteiger partial charge in [0.15, 0.2) is 0 Å². The predicted molar refractivity (Wildman–Crippen MR) is 79.7 cm³/mol. The van der Waals surface area contributed by atoms with Gasteiger partial charge in [-0.1, -0.05) is 32.0 Å². The van der Waals surface area contributed by atoms with Crippen LogP contribution in [-0.2, 0) is 4.79 Å². The molecule has 0 aromatic heterocycles. The van der Waals surface area contributed by atoms with Gasteiger partial charge in [0.05, 0.1) is 19.6 Å². The molecule has 1 aromatic carbocycles. The molecule has 0 unspecified atom stereocenters. The van der Waals surface area contributed by atoms with Crippen LogP contribution in [0.5, 0.6) is 5.75 Å². The van der Waals surface area contributed by atoms with E-state index in [1.54, 1.807) is 0 Å². The third kappa shape index (κ3) is 5.21. The lowest BCUT2D eigenvalue weighted by molar-refractivity contribution is -0.122. The molecule has 4 heteroatoms. The van der Waals surface area contributed by atoms with Crippen molar-refractivity contribution in [2.45, 2.75) is 33.1 Å². The molecule has 0 saturated carbocycles. The second kappa shape index (κ2) is 8.59. The standard InChI is InChI=1S/C16H25NO3/c1-3-16(4-2,13-18)12-17-15(19)10-11-20-14-8-6-5-7-9-14/h5-9,18H,3-4,10-13H2,1-2H3,(H,17,19). The quantitative estimate of drug-likeness (QED) is 0.729. The molecule has 0 atom stereocenters. The molecule has 1 rings (SSSR count). The molecule has 0 spiro atoms. The highest BCUT2D eigenvalue weighted by atomic mass is 16.5. The molecular formula is C16H25NO3. The molecule has 0 heterocycles. The predicted octanol–water partition coefficient (Wildman–Crippen LogP) is 2.37. The number of ether oxygens (including phenoxy) is 1. The summed E-state index contributed by atoms with van der Waals surface area (Å²) in [6.45, 7) is 5.04. The minimum atomic E-state index is -0.198. The van der Waals surface area contributed by atoms with E-state index in [0.29, 0.717) is 19.6 Å². The fourth-order valence-electron chi connectivity index (χ4n) is 1.93. The first-order chi connectivity index (χ1) is 9.65. The smallest absolute Gasteiger partial charge is 0.223 e. The zero-order valence-corrected chi connectivity index (χ0v) is 12.4. The van der Waals surface area contributed by atoms with Gasteiger partial charge in [0, 0.05) is 12.0 Å². The Bertz CT molecular complexity index is 380. The summed E-state index contributed by atoms with van der Waals surface area (Å²) < 4.78 is 5.48. The maximum Gasteiger partial charge on any atom is 0.223 e. The number of hydrogen-bond acceptors (Lipinski definition) is 3. The summed E-state index contributed by atoms with van der Waals surface area (Å²) in [6, 6.07) is 9.44. The van der Waals surface area contributed by atoms with Gasteiger partial charge in [0.1, 0.15) is 5.75 Å². The van der Waals surface area contributed by atoms with E-state index in [4.69, 9.17) is 4.74 Å². The Morgan fingerprint density at radius 2 is 1.90 bits per heavy atom. The van der Waals surface area contributed by atoms with E-state index in [9.17, 15) is 9.90 Å². The molecule has 0 fully saturated rings. The van der Waals surface area contributed by atoms with Gasteiger partial charge in [0.25, 0.3) is 0 Å². The Morgan fingerprint density at radius 1 is 1.25 bits per heavy atom. The third-order valence-corrected chi connectivity index (χ3v) is 3.84. The fourth-order valence-corrected chi connectivity index (χ4v) is 1.93. The minimum Gasteiger partial charge on any atom is -0.493 e. The Kier molecular flexibility index (Phi) is 7.09. The van der Waals surface area contributed by atoms with Crippen molar-refractivity contribution in [1.82, 2.24) is 5.32 Å². The molecule has 0 saturated heterocycles. The Labute approximate surface area is 121 Å². The van der Waals surface area contributed by atoms with Gasteiger partial charge < -0.3 is 15.2 Å². The second-order valence-corrected chi connectivity index (χ2v) is 5.05. The number of para-hydroxylation sites is 1. The molecule has 20 heavy (non-hydrogen) atoms. The molecular weight excluding hydrogens is 254 g/mol. The van der Waals surface area contributed by atoms with Crippen LogP contribution >= 0.6 is 0 Å². The maximum absolute atomic E-state index is 11.8. The summed E-state index contributed by atoms with van der Waals surface area (Å²) in [7, 11) is 0. The Balaban J connectivity index is 2.27. The first-order valence-corrected chi connectivity index (χ1v) is 7.21. The number of amides is 1. The zero-order valence-electron chi connectivity index (χ0n) is 12.4. The van der Waals surface area contributed by atoms with Crippen molar-refractivity contribution in [3.05, 3.63) is 30.3 Å². The molecule has 2 N–H and O–H groups in total. The minimum absolute atomic E-state index is 0.0411. The van der Waals surface area contributed by atoms with Crippen LogP contribution in [0.1, 0.15) is 33.1 Å². The second-order valence-electron chi connectivity index (χ2n) is 5.05. The van der Waals surface area contributed by atoms with Crippen LogP contribution in [0.3, 0.4) is 0 Å². The fraction of sp³-hybridized carbons (Fsp3) is 0.562. The van der Waals surface area contributed by atoms with E-state index in [2.05, 4.69) is 5.32 Å². The van der Waals surface area contributed by atoms with E-state index in [1.807, 2.05) is 44.2 Å². The lowest BCUT2D eigenvalue weighted by atomic mass is 9.83. The summed E-state index contributed by atoms with van der Waals surface area (Å²) in [6.07, 6.45) is 2.02. The lowest BCUT2D eigenvalue weighted by Crippen LogP contribution is -2.39. The van der Waals surface area contributed by atoms with Gasteiger partial charge in [-0.15, -0.1) is 0 Å². The van der Waals surface area contributed by atoms with Gasteiger partial charge in [-0.05, 0) is 25.0 Å². The topological polar surface area (TPSA) is 58.6 Å². The van der Waals surface area contributed by atoms with E-state index < -0.39 is 0 Å². The number of hydrogen-bond donors (Lipinski definition) is 2. The monoisotopic (exact) mass is 279 g/mol.